The van der Waals surface area contributed by atoms with Crippen LogP contribution in [0.1, 0.15) is 32.1 Å². The van der Waals surface area contributed by atoms with Gasteiger partial charge in [0, 0.05) is 11.8 Å². The number of aromatic nitrogens is 4. The first-order valence-electron chi connectivity index (χ1n) is 4.08. The maximum absolute atomic E-state index is 3.96. The van der Waals surface area contributed by atoms with Crippen LogP contribution in [0, 0.1) is 0 Å². The summed E-state index contributed by atoms with van der Waals surface area (Å²) < 4.78 is 1.86. The van der Waals surface area contributed by atoms with Gasteiger partial charge in [0.25, 0.3) is 0 Å². The van der Waals surface area contributed by atoms with Crippen LogP contribution in [0.3, 0.4) is 0 Å². The van der Waals surface area contributed by atoms with Crippen LogP contribution in [0.4, 0.5) is 0 Å². The first-order valence-corrected chi connectivity index (χ1v) is 5.20. The van der Waals surface area contributed by atoms with Crippen molar-refractivity contribution >= 4 is 15.9 Å². The summed E-state index contributed by atoms with van der Waals surface area (Å²) in [6, 6.07) is 0.352. The molecule has 12 heavy (non-hydrogen) atoms. The van der Waals surface area contributed by atoms with Crippen LogP contribution in [0.25, 0.3) is 0 Å². The number of halogens is 1. The highest BCUT2D eigenvalue weighted by molar-refractivity contribution is 9.09. The molecular weight excluding hydrogens is 220 g/mol. The molecule has 0 amide bonds. The fraction of sp³-hybridized carbons (Fsp3) is 0.857. The number of hydrogen-bond donors (Lipinski definition) is 0. The van der Waals surface area contributed by atoms with Gasteiger partial charge in [0.05, 0.1) is 6.04 Å². The molecule has 0 radical (unpaired) electrons. The van der Waals surface area contributed by atoms with E-state index in [1.165, 1.54) is 0 Å². The van der Waals surface area contributed by atoms with Crippen molar-refractivity contribution in [1.82, 2.24) is 20.2 Å². The molecule has 0 atom stereocenters. The topological polar surface area (TPSA) is 43.6 Å². The molecule has 1 aromatic rings. The van der Waals surface area contributed by atoms with Gasteiger partial charge in [-0.2, -0.15) is 0 Å². The normalized spacial score (nSPS) is 11.0. The lowest BCUT2D eigenvalue weighted by Gasteiger charge is -2.06. The molecule has 0 aliphatic heterocycles. The molecule has 0 bridgehead atoms. The van der Waals surface area contributed by atoms with Crippen molar-refractivity contribution in [2.24, 2.45) is 0 Å². The lowest BCUT2D eigenvalue weighted by Crippen LogP contribution is -2.08. The molecule has 5 heteroatoms. The van der Waals surface area contributed by atoms with Gasteiger partial charge in [0.1, 0.15) is 0 Å². The minimum Gasteiger partial charge on any atom is -0.227 e. The van der Waals surface area contributed by atoms with Crippen molar-refractivity contribution in [1.29, 1.82) is 0 Å². The zero-order valence-electron chi connectivity index (χ0n) is 7.37. The van der Waals surface area contributed by atoms with E-state index in [1.807, 2.05) is 4.68 Å². The Balaban J connectivity index is 2.64. The zero-order valence-corrected chi connectivity index (χ0v) is 8.95. The van der Waals surface area contributed by atoms with E-state index >= 15 is 0 Å². The van der Waals surface area contributed by atoms with Crippen LogP contribution in [0.2, 0.25) is 0 Å². The van der Waals surface area contributed by atoms with Gasteiger partial charge in [0.2, 0.25) is 0 Å². The summed E-state index contributed by atoms with van der Waals surface area (Å²) in [5.74, 6) is 0.976. The van der Waals surface area contributed by atoms with Crippen LogP contribution >= 0.6 is 15.9 Å². The molecule has 0 aromatic carbocycles. The average Bonchev–Trinajstić information content (AvgIpc) is 2.48. The summed E-state index contributed by atoms with van der Waals surface area (Å²) in [7, 11) is 0. The largest absolute Gasteiger partial charge is 0.227 e. The maximum Gasteiger partial charge on any atom is 0.151 e. The van der Waals surface area contributed by atoms with Crippen LogP contribution in [-0.2, 0) is 6.42 Å². The molecule has 68 valence electrons. The summed E-state index contributed by atoms with van der Waals surface area (Å²) in [6.45, 7) is 4.15. The second kappa shape index (κ2) is 4.54. The van der Waals surface area contributed by atoms with Crippen molar-refractivity contribution in [2.75, 3.05) is 5.33 Å². The number of rotatable bonds is 4. The van der Waals surface area contributed by atoms with E-state index in [9.17, 15) is 0 Å². The first-order chi connectivity index (χ1) is 5.75. The van der Waals surface area contributed by atoms with E-state index in [0.29, 0.717) is 6.04 Å². The lowest BCUT2D eigenvalue weighted by atomic mass is 10.3. The van der Waals surface area contributed by atoms with E-state index < -0.39 is 0 Å². The van der Waals surface area contributed by atoms with Crippen molar-refractivity contribution < 1.29 is 0 Å². The van der Waals surface area contributed by atoms with Gasteiger partial charge in [-0.1, -0.05) is 15.9 Å². The fourth-order valence-corrected chi connectivity index (χ4v) is 1.28. The number of aryl methyl sites for hydroxylation is 1. The summed E-state index contributed by atoms with van der Waals surface area (Å²) >= 11 is 3.38. The summed E-state index contributed by atoms with van der Waals surface area (Å²) in [4.78, 5) is 0. The Bertz CT molecular complexity index is 233. The van der Waals surface area contributed by atoms with Gasteiger partial charge in [-0.15, -0.1) is 5.10 Å². The number of nitrogens with zero attached hydrogens (tertiary/aromatic N) is 4. The highest BCUT2D eigenvalue weighted by Gasteiger charge is 2.07. The average molecular weight is 233 g/mol. The second-order valence-corrected chi connectivity index (χ2v) is 3.72. The Hall–Kier alpha value is -0.450. The second-order valence-electron chi connectivity index (χ2n) is 2.93. The maximum atomic E-state index is 3.96. The molecule has 0 aliphatic rings. The Morgan fingerprint density at radius 2 is 2.25 bits per heavy atom. The monoisotopic (exact) mass is 232 g/mol. The molecule has 0 N–H and O–H groups in total. The molecule has 1 heterocycles. The van der Waals surface area contributed by atoms with Crippen LogP contribution in [0.5, 0.6) is 0 Å². The van der Waals surface area contributed by atoms with Gasteiger partial charge >= 0.3 is 0 Å². The van der Waals surface area contributed by atoms with E-state index in [2.05, 4.69) is 45.3 Å². The SMILES string of the molecule is CC(C)n1nnnc1CCCBr. The van der Waals surface area contributed by atoms with E-state index in [4.69, 9.17) is 0 Å². The molecule has 0 fully saturated rings. The van der Waals surface area contributed by atoms with Crippen molar-refractivity contribution in [3.05, 3.63) is 5.82 Å². The number of hydrogen-bond acceptors (Lipinski definition) is 3. The molecular formula is C7H13BrN4. The van der Waals surface area contributed by atoms with Gasteiger partial charge in [-0.05, 0) is 30.7 Å². The Morgan fingerprint density at radius 1 is 1.50 bits per heavy atom. The van der Waals surface area contributed by atoms with E-state index in [-0.39, 0.29) is 0 Å². The van der Waals surface area contributed by atoms with E-state index in [1.54, 1.807) is 0 Å². The molecule has 0 aliphatic carbocycles. The predicted molar refractivity (Wildman–Crippen MR) is 50.3 cm³/mol. The van der Waals surface area contributed by atoms with Crippen LogP contribution in [-0.4, -0.2) is 25.5 Å². The predicted octanol–water partition coefficient (Wildman–Crippen LogP) is 1.58. The molecule has 4 nitrogen and oxygen atoms in total. The molecule has 0 spiro atoms. The van der Waals surface area contributed by atoms with Gasteiger partial charge in [-0.3, -0.25) is 0 Å². The Morgan fingerprint density at radius 3 is 2.83 bits per heavy atom. The van der Waals surface area contributed by atoms with Crippen molar-refractivity contribution in [3.63, 3.8) is 0 Å². The fourth-order valence-electron chi connectivity index (χ4n) is 1.00. The standard InChI is InChI=1S/C7H13BrN4/c1-6(2)12-7(4-3-5-8)9-10-11-12/h6H,3-5H2,1-2H3. The Labute approximate surface area is 80.5 Å². The smallest absolute Gasteiger partial charge is 0.151 e. The van der Waals surface area contributed by atoms with Crippen molar-refractivity contribution in [3.8, 4) is 0 Å². The molecule has 1 aromatic heterocycles. The number of tetrazole rings is 1. The number of alkyl halides is 1. The van der Waals surface area contributed by atoms with Gasteiger partial charge in [0.15, 0.2) is 5.82 Å². The minimum atomic E-state index is 0.352. The van der Waals surface area contributed by atoms with E-state index in [0.717, 1.165) is 24.0 Å². The van der Waals surface area contributed by atoms with Crippen LogP contribution in [0.15, 0.2) is 0 Å². The van der Waals surface area contributed by atoms with Gasteiger partial charge < -0.3 is 0 Å². The summed E-state index contributed by atoms with van der Waals surface area (Å²) in [6.07, 6.45) is 2.02. The zero-order chi connectivity index (χ0) is 8.97. The quantitative estimate of drug-likeness (QED) is 0.741. The first kappa shape index (κ1) is 9.64. The highest BCUT2D eigenvalue weighted by atomic mass is 79.9. The third-order valence-corrected chi connectivity index (χ3v) is 2.14. The third-order valence-electron chi connectivity index (χ3n) is 1.58. The van der Waals surface area contributed by atoms with Crippen LogP contribution < -0.4 is 0 Å². The molecule has 1 rings (SSSR count). The Kier molecular flexibility index (Phi) is 3.65. The molecule has 0 unspecified atom stereocenters. The summed E-state index contributed by atoms with van der Waals surface area (Å²) in [5, 5.41) is 12.5. The molecule has 0 saturated heterocycles. The third kappa shape index (κ3) is 2.27. The van der Waals surface area contributed by atoms with Crippen molar-refractivity contribution in [2.45, 2.75) is 32.7 Å². The molecule has 0 saturated carbocycles. The van der Waals surface area contributed by atoms with Gasteiger partial charge in [-0.25, -0.2) is 4.68 Å². The minimum absolute atomic E-state index is 0.352. The lowest BCUT2D eigenvalue weighted by molar-refractivity contribution is 0.492. The highest BCUT2D eigenvalue weighted by Crippen LogP contribution is 2.06. The summed E-state index contributed by atoms with van der Waals surface area (Å²) in [5.41, 5.74) is 0.